The van der Waals surface area contributed by atoms with Crippen molar-refractivity contribution in [3.8, 4) is 0 Å². The first-order valence-corrected chi connectivity index (χ1v) is 11.0. The Balaban J connectivity index is 1.49. The van der Waals surface area contributed by atoms with Crippen LogP contribution >= 0.6 is 0 Å². The molecular weight excluding hydrogens is 450 g/mol. The van der Waals surface area contributed by atoms with Gasteiger partial charge in [0.05, 0.1) is 11.3 Å². The summed E-state index contributed by atoms with van der Waals surface area (Å²) in [6.45, 7) is 4.82. The first-order chi connectivity index (χ1) is 16.7. The highest BCUT2D eigenvalue weighted by Crippen LogP contribution is 2.32. The molecule has 0 spiro atoms. The number of imide groups is 2. The molecule has 9 nitrogen and oxygen atoms in total. The van der Waals surface area contributed by atoms with Crippen LogP contribution in [0.2, 0.25) is 0 Å². The molecule has 178 valence electrons. The smallest absolute Gasteiger partial charge is 0.338 e. The summed E-state index contributed by atoms with van der Waals surface area (Å²) in [7, 11) is 0. The van der Waals surface area contributed by atoms with Crippen LogP contribution in [0.4, 0.5) is 10.5 Å². The monoisotopic (exact) mass is 473 g/mol. The van der Waals surface area contributed by atoms with Gasteiger partial charge in [-0.2, -0.15) is 0 Å². The number of carbonyl (C=O) groups excluding carboxylic acids is 5. The maximum Gasteiger partial charge on any atom is 0.338 e. The molecule has 0 aliphatic carbocycles. The van der Waals surface area contributed by atoms with E-state index in [1.54, 1.807) is 38.1 Å². The Morgan fingerprint density at radius 3 is 1.94 bits per heavy atom. The normalized spacial score (nSPS) is 13.5. The molecule has 0 aromatic heterocycles. The van der Waals surface area contributed by atoms with E-state index in [9.17, 15) is 24.0 Å². The molecule has 0 saturated carbocycles. The molecule has 0 bridgehead atoms. The predicted molar refractivity (Wildman–Crippen MR) is 128 cm³/mol. The van der Waals surface area contributed by atoms with E-state index < -0.39 is 35.8 Å². The SMILES string of the molecule is CC(C)NC(=O)NC(=O)C(C)OC(=O)c1ccc(N2C(=O)c3cccc4cccc(c34)C2=O)cc1. The van der Waals surface area contributed by atoms with Gasteiger partial charge in [0.15, 0.2) is 6.10 Å². The minimum absolute atomic E-state index is 0.111. The number of nitrogens with one attached hydrogen (secondary N) is 2. The number of hydrogen-bond acceptors (Lipinski definition) is 6. The van der Waals surface area contributed by atoms with Crippen molar-refractivity contribution in [3.05, 3.63) is 77.4 Å². The van der Waals surface area contributed by atoms with Crippen molar-refractivity contribution >= 4 is 46.2 Å². The summed E-state index contributed by atoms with van der Waals surface area (Å²) < 4.78 is 5.14. The van der Waals surface area contributed by atoms with Crippen LogP contribution < -0.4 is 15.5 Å². The number of anilines is 1. The largest absolute Gasteiger partial charge is 0.449 e. The molecule has 1 aliphatic heterocycles. The van der Waals surface area contributed by atoms with Crippen LogP contribution in [0, 0.1) is 0 Å². The molecule has 0 radical (unpaired) electrons. The molecule has 2 N–H and O–H groups in total. The predicted octanol–water partition coefficient (Wildman–Crippen LogP) is 3.42. The number of ether oxygens (including phenoxy) is 1. The molecule has 1 aliphatic rings. The molecule has 1 heterocycles. The van der Waals surface area contributed by atoms with Crippen molar-refractivity contribution in [1.82, 2.24) is 10.6 Å². The van der Waals surface area contributed by atoms with Gasteiger partial charge in [0.25, 0.3) is 17.7 Å². The lowest BCUT2D eigenvalue weighted by atomic mass is 9.94. The Bertz CT molecular complexity index is 1310. The molecular formula is C26H23N3O6. The van der Waals surface area contributed by atoms with Gasteiger partial charge in [-0.1, -0.05) is 24.3 Å². The summed E-state index contributed by atoms with van der Waals surface area (Å²) >= 11 is 0. The second-order valence-electron chi connectivity index (χ2n) is 8.37. The summed E-state index contributed by atoms with van der Waals surface area (Å²) in [4.78, 5) is 63.6. The number of benzene rings is 3. The van der Waals surface area contributed by atoms with Gasteiger partial charge in [-0.05, 0) is 62.6 Å². The third-order valence-electron chi connectivity index (χ3n) is 5.44. The van der Waals surface area contributed by atoms with Gasteiger partial charge in [0.2, 0.25) is 0 Å². The van der Waals surface area contributed by atoms with Crippen molar-refractivity contribution in [3.63, 3.8) is 0 Å². The average molecular weight is 473 g/mol. The minimum atomic E-state index is -1.22. The third kappa shape index (κ3) is 4.61. The topological polar surface area (TPSA) is 122 Å². The molecule has 0 saturated heterocycles. The first-order valence-electron chi connectivity index (χ1n) is 11.0. The molecule has 35 heavy (non-hydrogen) atoms. The van der Waals surface area contributed by atoms with Gasteiger partial charge in [-0.15, -0.1) is 0 Å². The van der Waals surface area contributed by atoms with E-state index >= 15 is 0 Å². The number of amides is 5. The van der Waals surface area contributed by atoms with Crippen LogP contribution in [0.1, 0.15) is 51.8 Å². The van der Waals surface area contributed by atoms with Crippen molar-refractivity contribution in [1.29, 1.82) is 0 Å². The summed E-state index contributed by atoms with van der Waals surface area (Å²) in [5.74, 6) is -2.49. The van der Waals surface area contributed by atoms with Crippen LogP contribution in [-0.4, -0.2) is 41.9 Å². The summed E-state index contributed by atoms with van der Waals surface area (Å²) in [5.41, 5.74) is 1.24. The van der Waals surface area contributed by atoms with Crippen molar-refractivity contribution in [2.45, 2.75) is 32.9 Å². The van der Waals surface area contributed by atoms with E-state index in [0.29, 0.717) is 22.2 Å². The zero-order valence-corrected chi connectivity index (χ0v) is 19.3. The number of esters is 1. The summed E-state index contributed by atoms with van der Waals surface area (Å²) in [6, 6.07) is 15.4. The molecule has 9 heteroatoms. The Morgan fingerprint density at radius 1 is 0.829 bits per heavy atom. The highest BCUT2D eigenvalue weighted by molar-refractivity contribution is 6.35. The number of urea groups is 1. The van der Waals surface area contributed by atoms with Gasteiger partial charge in [-0.25, -0.2) is 14.5 Å². The Labute approximate surface area is 201 Å². The first kappa shape index (κ1) is 23.6. The van der Waals surface area contributed by atoms with Gasteiger partial charge in [-0.3, -0.25) is 19.7 Å². The van der Waals surface area contributed by atoms with Crippen molar-refractivity contribution < 1.29 is 28.7 Å². The Hall–Kier alpha value is -4.53. The lowest BCUT2D eigenvalue weighted by molar-refractivity contribution is -0.127. The van der Waals surface area contributed by atoms with Gasteiger partial charge in [0, 0.05) is 22.6 Å². The van der Waals surface area contributed by atoms with E-state index in [2.05, 4.69) is 10.6 Å². The molecule has 1 unspecified atom stereocenters. The fourth-order valence-electron chi connectivity index (χ4n) is 3.81. The maximum atomic E-state index is 13.1. The average Bonchev–Trinajstić information content (AvgIpc) is 2.82. The van der Waals surface area contributed by atoms with Crippen molar-refractivity contribution in [2.24, 2.45) is 0 Å². The van der Waals surface area contributed by atoms with Crippen LogP contribution in [0.5, 0.6) is 0 Å². The van der Waals surface area contributed by atoms with E-state index in [1.165, 1.54) is 31.2 Å². The highest BCUT2D eigenvalue weighted by Gasteiger charge is 2.34. The van der Waals surface area contributed by atoms with E-state index in [-0.39, 0.29) is 11.6 Å². The fraction of sp³-hybridized carbons (Fsp3) is 0.192. The summed E-state index contributed by atoms with van der Waals surface area (Å²) in [5, 5.41) is 6.02. The third-order valence-corrected chi connectivity index (χ3v) is 5.44. The van der Waals surface area contributed by atoms with Gasteiger partial charge in [0.1, 0.15) is 0 Å². The lowest BCUT2D eigenvalue weighted by Crippen LogP contribution is -2.46. The van der Waals surface area contributed by atoms with Crippen molar-refractivity contribution in [2.75, 3.05) is 4.90 Å². The maximum absolute atomic E-state index is 13.1. The Morgan fingerprint density at radius 2 is 1.40 bits per heavy atom. The van der Waals surface area contributed by atoms with Crippen LogP contribution in [0.15, 0.2) is 60.7 Å². The molecule has 3 aromatic rings. The summed E-state index contributed by atoms with van der Waals surface area (Å²) in [6.07, 6.45) is -1.22. The number of nitrogens with zero attached hydrogens (tertiary/aromatic N) is 1. The molecule has 4 rings (SSSR count). The number of rotatable bonds is 5. The fourth-order valence-corrected chi connectivity index (χ4v) is 3.81. The number of hydrogen-bond donors (Lipinski definition) is 2. The highest BCUT2D eigenvalue weighted by atomic mass is 16.5. The second-order valence-corrected chi connectivity index (χ2v) is 8.37. The zero-order chi connectivity index (χ0) is 25.3. The molecule has 0 fully saturated rings. The van der Waals surface area contributed by atoms with Crippen LogP contribution in [0.25, 0.3) is 10.8 Å². The number of carbonyl (C=O) groups is 5. The quantitative estimate of drug-likeness (QED) is 0.433. The van der Waals surface area contributed by atoms with Crippen LogP contribution in [-0.2, 0) is 9.53 Å². The van der Waals surface area contributed by atoms with Gasteiger partial charge >= 0.3 is 12.0 Å². The molecule has 3 aromatic carbocycles. The van der Waals surface area contributed by atoms with Crippen LogP contribution in [0.3, 0.4) is 0 Å². The molecule has 1 atom stereocenters. The lowest BCUT2D eigenvalue weighted by Gasteiger charge is -2.27. The minimum Gasteiger partial charge on any atom is -0.449 e. The standard InChI is InChI=1S/C26H23N3O6/c1-14(2)27-26(34)28-22(30)15(3)35-25(33)17-10-12-18(13-11-17)29-23(31)19-8-4-6-16-7-5-9-20(21(16)19)24(29)32/h4-15H,1-3H3,(H2,27,28,30,34). The zero-order valence-electron chi connectivity index (χ0n) is 19.3. The van der Waals surface area contributed by atoms with E-state index in [4.69, 9.17) is 4.74 Å². The second kappa shape index (κ2) is 9.38. The van der Waals surface area contributed by atoms with E-state index in [1.807, 2.05) is 12.1 Å². The molecule has 5 amide bonds. The van der Waals surface area contributed by atoms with E-state index in [0.717, 1.165) is 10.3 Å². The van der Waals surface area contributed by atoms with Gasteiger partial charge < -0.3 is 10.1 Å². The Kier molecular flexibility index (Phi) is 6.33.